The highest BCUT2D eigenvalue weighted by atomic mass is 16.6. The molecule has 0 aliphatic carbocycles. The van der Waals surface area contributed by atoms with E-state index in [1.54, 1.807) is 17.0 Å². The molecule has 3 rings (SSSR count). The van der Waals surface area contributed by atoms with Gasteiger partial charge in [0, 0.05) is 36.8 Å². The second-order valence-electron chi connectivity index (χ2n) is 7.08. The molecule has 2 heterocycles. The summed E-state index contributed by atoms with van der Waals surface area (Å²) in [5.74, 6) is 0. The first-order chi connectivity index (χ1) is 11.7. The minimum atomic E-state index is -0.500. The standard InChI is InChI=1S/C17H22N4O4/c1-17(2,3)25-16(22)18-8-10-19(11-9-18)20-7-6-13-12-14(21(23)24)4-5-15(13)20/h4-7,12H,8-11H2,1-3H3. The van der Waals surface area contributed by atoms with Crippen LogP contribution in [0.15, 0.2) is 30.5 Å². The van der Waals surface area contributed by atoms with E-state index in [4.69, 9.17) is 4.74 Å². The maximum Gasteiger partial charge on any atom is 0.410 e. The van der Waals surface area contributed by atoms with Gasteiger partial charge in [0.15, 0.2) is 0 Å². The second-order valence-corrected chi connectivity index (χ2v) is 7.08. The van der Waals surface area contributed by atoms with Gasteiger partial charge < -0.3 is 14.6 Å². The quantitative estimate of drug-likeness (QED) is 0.617. The van der Waals surface area contributed by atoms with Crippen LogP contribution in [0, 0.1) is 10.1 Å². The molecule has 8 heteroatoms. The van der Waals surface area contributed by atoms with Crippen LogP contribution in [-0.2, 0) is 4.74 Å². The highest BCUT2D eigenvalue weighted by molar-refractivity contribution is 5.82. The van der Waals surface area contributed by atoms with Gasteiger partial charge in [-0.2, -0.15) is 0 Å². The highest BCUT2D eigenvalue weighted by Crippen LogP contribution is 2.22. The predicted molar refractivity (Wildman–Crippen MR) is 94.4 cm³/mol. The first-order valence-corrected chi connectivity index (χ1v) is 8.23. The van der Waals surface area contributed by atoms with E-state index in [0.717, 1.165) is 10.9 Å². The van der Waals surface area contributed by atoms with Gasteiger partial charge in [0.25, 0.3) is 5.69 Å². The number of benzene rings is 1. The zero-order valence-corrected chi connectivity index (χ0v) is 14.6. The number of nitrogens with zero attached hydrogens (tertiary/aromatic N) is 4. The lowest BCUT2D eigenvalue weighted by atomic mass is 10.2. The van der Waals surface area contributed by atoms with Crippen molar-refractivity contribution in [2.45, 2.75) is 26.4 Å². The molecule has 1 aliphatic heterocycles. The molecular formula is C17H22N4O4. The normalized spacial score (nSPS) is 15.5. The summed E-state index contributed by atoms with van der Waals surface area (Å²) in [5, 5.41) is 13.8. The molecule has 0 bridgehead atoms. The minimum absolute atomic E-state index is 0.0833. The lowest BCUT2D eigenvalue weighted by Crippen LogP contribution is -2.53. The number of rotatable bonds is 2. The van der Waals surface area contributed by atoms with Crippen molar-refractivity contribution in [2.75, 3.05) is 31.2 Å². The van der Waals surface area contributed by atoms with Crippen LogP contribution in [0.25, 0.3) is 10.9 Å². The maximum atomic E-state index is 12.1. The van der Waals surface area contributed by atoms with E-state index in [-0.39, 0.29) is 11.8 Å². The summed E-state index contributed by atoms with van der Waals surface area (Å²) in [6.45, 7) is 8.04. The van der Waals surface area contributed by atoms with Crippen molar-refractivity contribution in [3.05, 3.63) is 40.6 Å². The first-order valence-electron chi connectivity index (χ1n) is 8.23. The Morgan fingerprint density at radius 1 is 1.16 bits per heavy atom. The number of nitro benzene ring substituents is 1. The number of aromatic nitrogens is 1. The Balaban J connectivity index is 1.70. The molecule has 0 unspecified atom stereocenters. The van der Waals surface area contributed by atoms with Gasteiger partial charge >= 0.3 is 6.09 Å². The van der Waals surface area contributed by atoms with Crippen LogP contribution in [0.5, 0.6) is 0 Å². The zero-order valence-electron chi connectivity index (χ0n) is 14.6. The Kier molecular flexibility index (Phi) is 4.28. The zero-order chi connectivity index (χ0) is 18.2. The Bertz CT molecular complexity index is 801. The molecule has 134 valence electrons. The smallest absolute Gasteiger partial charge is 0.410 e. The summed E-state index contributed by atoms with van der Waals surface area (Å²) in [4.78, 5) is 24.3. The van der Waals surface area contributed by atoms with Crippen LogP contribution in [0.1, 0.15) is 20.8 Å². The van der Waals surface area contributed by atoms with Crippen molar-refractivity contribution in [3.63, 3.8) is 0 Å². The van der Waals surface area contributed by atoms with Gasteiger partial charge in [-0.05, 0) is 32.9 Å². The van der Waals surface area contributed by atoms with Crippen LogP contribution in [0.4, 0.5) is 10.5 Å². The summed E-state index contributed by atoms with van der Waals surface area (Å²) >= 11 is 0. The molecule has 0 saturated carbocycles. The molecule has 0 spiro atoms. The number of non-ortho nitro benzene ring substituents is 1. The summed E-state index contributed by atoms with van der Waals surface area (Å²) in [6.07, 6.45) is 1.61. The van der Waals surface area contributed by atoms with Crippen molar-refractivity contribution in [1.29, 1.82) is 0 Å². The number of nitro groups is 1. The van der Waals surface area contributed by atoms with Crippen molar-refractivity contribution in [3.8, 4) is 0 Å². The molecule has 8 nitrogen and oxygen atoms in total. The molecule has 0 atom stereocenters. The summed E-state index contributed by atoms with van der Waals surface area (Å²) in [5.41, 5.74) is 0.496. The van der Waals surface area contributed by atoms with Gasteiger partial charge in [-0.1, -0.05) is 0 Å². The van der Waals surface area contributed by atoms with Crippen LogP contribution in [0.2, 0.25) is 0 Å². The number of amides is 1. The molecule has 2 aromatic rings. The third-order valence-electron chi connectivity index (χ3n) is 4.08. The molecule has 1 amide bonds. The fourth-order valence-corrected chi connectivity index (χ4v) is 2.90. The number of ether oxygens (including phenoxy) is 1. The molecule has 1 aromatic carbocycles. The van der Waals surface area contributed by atoms with Crippen LogP contribution in [-0.4, -0.2) is 52.4 Å². The van der Waals surface area contributed by atoms with Gasteiger partial charge in [0.2, 0.25) is 0 Å². The molecule has 1 fully saturated rings. The van der Waals surface area contributed by atoms with Crippen molar-refractivity contribution in [2.24, 2.45) is 0 Å². The average molecular weight is 346 g/mol. The summed E-state index contributed by atoms with van der Waals surface area (Å²) in [6, 6.07) is 6.70. The third-order valence-corrected chi connectivity index (χ3v) is 4.08. The lowest BCUT2D eigenvalue weighted by molar-refractivity contribution is -0.384. The van der Waals surface area contributed by atoms with Gasteiger partial charge in [0.1, 0.15) is 5.60 Å². The predicted octanol–water partition coefficient (Wildman–Crippen LogP) is 2.74. The molecule has 1 aliphatic rings. The summed E-state index contributed by atoms with van der Waals surface area (Å²) in [7, 11) is 0. The number of carbonyl (C=O) groups excluding carboxylic acids is 1. The number of hydrogen-bond acceptors (Lipinski definition) is 5. The number of fused-ring (bicyclic) bond motifs is 1. The number of carbonyl (C=O) groups is 1. The molecule has 1 aromatic heterocycles. The van der Waals surface area contributed by atoms with E-state index in [9.17, 15) is 14.9 Å². The molecule has 0 radical (unpaired) electrons. The van der Waals surface area contributed by atoms with E-state index in [0.29, 0.717) is 26.2 Å². The lowest BCUT2D eigenvalue weighted by Gasteiger charge is -2.37. The van der Waals surface area contributed by atoms with E-state index in [1.807, 2.05) is 37.7 Å². The SMILES string of the molecule is CC(C)(C)OC(=O)N1CCN(n2ccc3cc([N+](=O)[O-])ccc32)CC1. The Morgan fingerprint density at radius 3 is 2.44 bits per heavy atom. The van der Waals surface area contributed by atoms with E-state index in [2.05, 4.69) is 5.01 Å². The Hall–Kier alpha value is -2.77. The van der Waals surface area contributed by atoms with Crippen LogP contribution in [0.3, 0.4) is 0 Å². The molecule has 25 heavy (non-hydrogen) atoms. The minimum Gasteiger partial charge on any atom is -0.444 e. The van der Waals surface area contributed by atoms with Gasteiger partial charge in [-0.3, -0.25) is 14.8 Å². The van der Waals surface area contributed by atoms with Crippen molar-refractivity contribution in [1.82, 2.24) is 9.58 Å². The largest absolute Gasteiger partial charge is 0.444 e. The fourth-order valence-electron chi connectivity index (χ4n) is 2.90. The third kappa shape index (κ3) is 3.67. The van der Waals surface area contributed by atoms with Gasteiger partial charge in [0.05, 0.1) is 23.5 Å². The van der Waals surface area contributed by atoms with Crippen molar-refractivity contribution < 1.29 is 14.5 Å². The van der Waals surface area contributed by atoms with Crippen LogP contribution >= 0.6 is 0 Å². The van der Waals surface area contributed by atoms with E-state index < -0.39 is 10.5 Å². The van der Waals surface area contributed by atoms with Gasteiger partial charge in [-0.15, -0.1) is 0 Å². The Morgan fingerprint density at radius 2 is 1.84 bits per heavy atom. The van der Waals surface area contributed by atoms with Crippen LogP contribution < -0.4 is 5.01 Å². The first kappa shape index (κ1) is 17.1. The number of piperazine rings is 1. The average Bonchev–Trinajstić information content (AvgIpc) is 2.96. The monoisotopic (exact) mass is 346 g/mol. The van der Waals surface area contributed by atoms with Gasteiger partial charge in [-0.25, -0.2) is 4.79 Å². The highest BCUT2D eigenvalue weighted by Gasteiger charge is 2.26. The topological polar surface area (TPSA) is 80.8 Å². The second kappa shape index (κ2) is 6.27. The molecular weight excluding hydrogens is 324 g/mol. The maximum absolute atomic E-state index is 12.1. The van der Waals surface area contributed by atoms with E-state index >= 15 is 0 Å². The van der Waals surface area contributed by atoms with Crippen molar-refractivity contribution >= 4 is 22.7 Å². The van der Waals surface area contributed by atoms with E-state index in [1.165, 1.54) is 6.07 Å². The Labute approximate surface area is 145 Å². The molecule has 1 saturated heterocycles. The number of hydrogen-bond donors (Lipinski definition) is 0. The fraction of sp³-hybridized carbons (Fsp3) is 0.471. The molecule has 0 N–H and O–H groups in total. The summed E-state index contributed by atoms with van der Waals surface area (Å²) < 4.78 is 7.40.